The lowest BCUT2D eigenvalue weighted by atomic mass is 10.2. The lowest BCUT2D eigenvalue weighted by molar-refractivity contribution is 0.596. The van der Waals surface area contributed by atoms with Gasteiger partial charge in [-0.05, 0) is 23.8 Å². The predicted molar refractivity (Wildman–Crippen MR) is 70.6 cm³/mol. The summed E-state index contributed by atoms with van der Waals surface area (Å²) >= 11 is 9.34. The van der Waals surface area contributed by atoms with E-state index in [0.717, 1.165) is 10.0 Å². The minimum atomic E-state index is -2.90. The number of hydrogen-bond donors (Lipinski definition) is 1. The SMILES string of the molecule is CS(=O)(=O)CCNCc1cc(Br)ccc1Cl. The van der Waals surface area contributed by atoms with E-state index >= 15 is 0 Å². The van der Waals surface area contributed by atoms with Gasteiger partial charge >= 0.3 is 0 Å². The molecule has 0 radical (unpaired) electrons. The minimum absolute atomic E-state index is 0.138. The Kier molecular flexibility index (Phi) is 5.24. The number of sulfone groups is 1. The Hall–Kier alpha value is -0.100. The van der Waals surface area contributed by atoms with Crippen LogP contribution in [-0.4, -0.2) is 27.0 Å². The molecule has 0 heterocycles. The normalized spacial score (nSPS) is 11.7. The lowest BCUT2D eigenvalue weighted by Crippen LogP contribution is -2.22. The van der Waals surface area contributed by atoms with Crippen molar-refractivity contribution in [3.63, 3.8) is 0 Å². The highest BCUT2D eigenvalue weighted by molar-refractivity contribution is 9.10. The summed E-state index contributed by atoms with van der Waals surface area (Å²) in [5, 5.41) is 3.72. The van der Waals surface area contributed by atoms with E-state index in [9.17, 15) is 8.42 Å². The van der Waals surface area contributed by atoms with Gasteiger partial charge in [-0.15, -0.1) is 0 Å². The highest BCUT2D eigenvalue weighted by atomic mass is 79.9. The third kappa shape index (κ3) is 5.30. The maximum atomic E-state index is 10.9. The van der Waals surface area contributed by atoms with Crippen molar-refractivity contribution in [1.82, 2.24) is 5.32 Å². The van der Waals surface area contributed by atoms with Crippen molar-refractivity contribution < 1.29 is 8.42 Å². The van der Waals surface area contributed by atoms with Gasteiger partial charge in [0.1, 0.15) is 9.84 Å². The molecule has 0 spiro atoms. The summed E-state index contributed by atoms with van der Waals surface area (Å²) in [5.41, 5.74) is 0.949. The molecule has 0 fully saturated rings. The third-order valence-electron chi connectivity index (χ3n) is 1.97. The number of halogens is 2. The van der Waals surface area contributed by atoms with Gasteiger partial charge in [-0.25, -0.2) is 8.42 Å². The highest BCUT2D eigenvalue weighted by Gasteiger charge is 2.03. The summed E-state index contributed by atoms with van der Waals surface area (Å²) < 4.78 is 22.7. The molecule has 0 saturated heterocycles. The van der Waals surface area contributed by atoms with Crippen molar-refractivity contribution in [3.05, 3.63) is 33.3 Å². The molecule has 0 aromatic heterocycles. The van der Waals surface area contributed by atoms with E-state index in [0.29, 0.717) is 18.1 Å². The molecule has 1 N–H and O–H groups in total. The molecule has 16 heavy (non-hydrogen) atoms. The van der Waals surface area contributed by atoms with Gasteiger partial charge in [-0.3, -0.25) is 0 Å². The molecule has 0 unspecified atom stereocenters. The fraction of sp³-hybridized carbons (Fsp3) is 0.400. The molecule has 1 aromatic rings. The Morgan fingerprint density at radius 1 is 1.44 bits per heavy atom. The van der Waals surface area contributed by atoms with Crippen LogP contribution in [-0.2, 0) is 16.4 Å². The zero-order valence-electron chi connectivity index (χ0n) is 8.83. The molecule has 0 aliphatic rings. The average Bonchev–Trinajstić information content (AvgIpc) is 2.16. The summed E-state index contributed by atoms with van der Waals surface area (Å²) in [6.45, 7) is 0.996. The number of hydrogen-bond acceptors (Lipinski definition) is 3. The Balaban J connectivity index is 2.46. The molecule has 1 rings (SSSR count). The van der Waals surface area contributed by atoms with Crippen LogP contribution in [0.5, 0.6) is 0 Å². The Morgan fingerprint density at radius 3 is 2.75 bits per heavy atom. The van der Waals surface area contributed by atoms with Gasteiger partial charge in [-0.2, -0.15) is 0 Å². The van der Waals surface area contributed by atoms with Gasteiger partial charge in [0.25, 0.3) is 0 Å². The minimum Gasteiger partial charge on any atom is -0.312 e. The molecule has 0 aliphatic carbocycles. The van der Waals surface area contributed by atoms with Crippen molar-refractivity contribution in [1.29, 1.82) is 0 Å². The van der Waals surface area contributed by atoms with E-state index in [1.807, 2.05) is 12.1 Å². The monoisotopic (exact) mass is 325 g/mol. The maximum absolute atomic E-state index is 10.9. The van der Waals surface area contributed by atoms with Crippen LogP contribution in [0.1, 0.15) is 5.56 Å². The molecule has 0 bridgehead atoms. The van der Waals surface area contributed by atoms with Crippen molar-refractivity contribution in [2.24, 2.45) is 0 Å². The fourth-order valence-electron chi connectivity index (χ4n) is 1.16. The predicted octanol–water partition coefficient (Wildman–Crippen LogP) is 2.24. The van der Waals surface area contributed by atoms with E-state index in [-0.39, 0.29) is 5.75 Å². The van der Waals surface area contributed by atoms with Gasteiger partial charge in [-0.1, -0.05) is 27.5 Å². The van der Waals surface area contributed by atoms with Crippen LogP contribution in [0.4, 0.5) is 0 Å². The number of nitrogens with one attached hydrogen (secondary N) is 1. The van der Waals surface area contributed by atoms with E-state index < -0.39 is 9.84 Å². The lowest BCUT2D eigenvalue weighted by Gasteiger charge is -2.06. The summed E-state index contributed by atoms with van der Waals surface area (Å²) in [7, 11) is -2.90. The molecule has 3 nitrogen and oxygen atoms in total. The quantitative estimate of drug-likeness (QED) is 0.844. The highest BCUT2D eigenvalue weighted by Crippen LogP contribution is 2.20. The zero-order chi connectivity index (χ0) is 12.2. The second-order valence-electron chi connectivity index (χ2n) is 3.54. The second-order valence-corrected chi connectivity index (χ2v) is 7.13. The van der Waals surface area contributed by atoms with Crippen LogP contribution in [0, 0.1) is 0 Å². The average molecular weight is 327 g/mol. The standard InChI is InChI=1S/C10H13BrClNO2S/c1-16(14,15)5-4-13-7-8-6-9(11)2-3-10(8)12/h2-3,6,13H,4-5,7H2,1H3. The van der Waals surface area contributed by atoms with Crippen molar-refractivity contribution in [2.75, 3.05) is 18.6 Å². The molecule has 1 aromatic carbocycles. The van der Waals surface area contributed by atoms with E-state index in [1.54, 1.807) is 6.07 Å². The molecular formula is C10H13BrClNO2S. The summed E-state index contributed by atoms with van der Waals surface area (Å²) in [4.78, 5) is 0. The van der Waals surface area contributed by atoms with Crippen LogP contribution in [0.15, 0.2) is 22.7 Å². The zero-order valence-corrected chi connectivity index (χ0v) is 12.0. The van der Waals surface area contributed by atoms with Crippen LogP contribution >= 0.6 is 27.5 Å². The maximum Gasteiger partial charge on any atom is 0.148 e. The first kappa shape index (κ1) is 14.0. The fourth-order valence-corrected chi connectivity index (χ4v) is 2.27. The summed E-state index contributed by atoms with van der Waals surface area (Å²) in [6.07, 6.45) is 1.22. The van der Waals surface area contributed by atoms with Crippen molar-refractivity contribution >= 4 is 37.4 Å². The third-order valence-corrected chi connectivity index (χ3v) is 3.78. The van der Waals surface area contributed by atoms with Crippen molar-refractivity contribution in [3.8, 4) is 0 Å². The molecule has 0 atom stereocenters. The van der Waals surface area contributed by atoms with E-state index in [4.69, 9.17) is 11.6 Å². The van der Waals surface area contributed by atoms with Crippen LogP contribution < -0.4 is 5.32 Å². The molecule has 0 amide bonds. The van der Waals surface area contributed by atoms with Crippen LogP contribution in [0.2, 0.25) is 5.02 Å². The molecule has 90 valence electrons. The summed E-state index contributed by atoms with van der Waals surface area (Å²) in [6, 6.07) is 5.58. The smallest absolute Gasteiger partial charge is 0.148 e. The summed E-state index contributed by atoms with van der Waals surface area (Å²) in [5.74, 6) is 0.138. The number of benzene rings is 1. The van der Waals surface area contributed by atoms with Crippen molar-refractivity contribution in [2.45, 2.75) is 6.54 Å². The van der Waals surface area contributed by atoms with Gasteiger partial charge in [0, 0.05) is 28.8 Å². The first-order valence-electron chi connectivity index (χ1n) is 4.71. The van der Waals surface area contributed by atoms with E-state index in [2.05, 4.69) is 21.2 Å². The molecule has 0 aliphatic heterocycles. The molecule has 0 saturated carbocycles. The second kappa shape index (κ2) is 6.00. The van der Waals surface area contributed by atoms with E-state index in [1.165, 1.54) is 6.26 Å². The van der Waals surface area contributed by atoms with Gasteiger partial charge in [0.05, 0.1) is 5.75 Å². The van der Waals surface area contributed by atoms with Gasteiger partial charge < -0.3 is 5.32 Å². The Morgan fingerprint density at radius 2 is 2.12 bits per heavy atom. The van der Waals surface area contributed by atoms with Gasteiger partial charge in [0.15, 0.2) is 0 Å². The van der Waals surface area contributed by atoms with Crippen LogP contribution in [0.3, 0.4) is 0 Å². The Bertz CT molecular complexity index is 462. The Labute approximate surface area is 109 Å². The molecule has 6 heteroatoms. The first-order valence-corrected chi connectivity index (χ1v) is 7.94. The molecular weight excluding hydrogens is 314 g/mol. The number of rotatable bonds is 5. The van der Waals surface area contributed by atoms with Crippen LogP contribution in [0.25, 0.3) is 0 Å². The van der Waals surface area contributed by atoms with Gasteiger partial charge in [0.2, 0.25) is 0 Å². The first-order chi connectivity index (χ1) is 7.38. The largest absolute Gasteiger partial charge is 0.312 e. The topological polar surface area (TPSA) is 46.2 Å².